The maximum Gasteiger partial charge on any atom is 0.0887 e. The van der Waals surface area contributed by atoms with Crippen LogP contribution in [-0.2, 0) is 6.42 Å². The van der Waals surface area contributed by atoms with Crippen LogP contribution in [0.5, 0.6) is 0 Å². The van der Waals surface area contributed by atoms with E-state index in [0.717, 1.165) is 17.8 Å². The van der Waals surface area contributed by atoms with E-state index in [-0.39, 0.29) is 6.04 Å². The summed E-state index contributed by atoms with van der Waals surface area (Å²) in [6, 6.07) is 11.9. The molecule has 2 heterocycles. The maximum atomic E-state index is 4.46. The predicted molar refractivity (Wildman–Crippen MR) is 69.1 cm³/mol. The molecule has 17 heavy (non-hydrogen) atoms. The first-order valence-corrected chi connectivity index (χ1v) is 5.69. The van der Waals surface area contributed by atoms with Crippen LogP contribution in [0, 0.1) is 0 Å². The molecule has 2 aromatic rings. The lowest BCUT2D eigenvalue weighted by Crippen LogP contribution is -1.95. The summed E-state index contributed by atoms with van der Waals surface area (Å²) in [6.07, 6.45) is 6.26. The van der Waals surface area contributed by atoms with Crippen molar-refractivity contribution in [2.45, 2.75) is 19.4 Å². The second-order valence-electron chi connectivity index (χ2n) is 3.79. The summed E-state index contributed by atoms with van der Waals surface area (Å²) in [5.74, 6) is 0. The van der Waals surface area contributed by atoms with Crippen molar-refractivity contribution in [2.75, 3.05) is 0 Å². The molecule has 3 heteroatoms. The Balaban J connectivity index is 1.93. The van der Waals surface area contributed by atoms with Gasteiger partial charge in [-0.15, -0.1) is 0 Å². The van der Waals surface area contributed by atoms with E-state index in [2.05, 4.69) is 15.0 Å². The molecule has 0 aliphatic rings. The van der Waals surface area contributed by atoms with E-state index >= 15 is 0 Å². The Bertz CT molecular complexity index is 465. The summed E-state index contributed by atoms with van der Waals surface area (Å²) in [5, 5.41) is 0. The number of pyridine rings is 2. The van der Waals surface area contributed by atoms with Crippen molar-refractivity contribution in [3.63, 3.8) is 0 Å². The fourth-order valence-corrected chi connectivity index (χ4v) is 1.52. The van der Waals surface area contributed by atoms with Gasteiger partial charge in [0.25, 0.3) is 0 Å². The van der Waals surface area contributed by atoms with Gasteiger partial charge in [-0.1, -0.05) is 12.1 Å². The van der Waals surface area contributed by atoms with E-state index in [1.54, 1.807) is 12.4 Å². The predicted octanol–water partition coefficient (Wildman–Crippen LogP) is 2.85. The van der Waals surface area contributed by atoms with Gasteiger partial charge >= 0.3 is 0 Å². The summed E-state index contributed by atoms with van der Waals surface area (Å²) in [6.45, 7) is 2.04. The molecule has 0 saturated carbocycles. The van der Waals surface area contributed by atoms with E-state index in [4.69, 9.17) is 0 Å². The Morgan fingerprint density at radius 2 is 1.88 bits per heavy atom. The van der Waals surface area contributed by atoms with E-state index in [0.29, 0.717) is 0 Å². The molecule has 86 valence electrons. The van der Waals surface area contributed by atoms with Crippen LogP contribution in [0.1, 0.15) is 24.4 Å². The van der Waals surface area contributed by atoms with Crippen LogP contribution in [0.25, 0.3) is 0 Å². The second kappa shape index (κ2) is 5.89. The van der Waals surface area contributed by atoms with E-state index in [1.807, 2.05) is 49.5 Å². The fourth-order valence-electron chi connectivity index (χ4n) is 1.52. The highest BCUT2D eigenvalue weighted by Gasteiger charge is 2.01. The topological polar surface area (TPSA) is 38.1 Å². The lowest BCUT2D eigenvalue weighted by molar-refractivity contribution is 0.784. The standard InChI is InChI=1S/C14H15N3/c1-12(14-7-3-5-10-17-14)15-11-8-13-6-2-4-9-16-13/h2-7,9-12H,8H2,1H3/t12-/m0/s1. The van der Waals surface area contributed by atoms with Crippen molar-refractivity contribution in [1.82, 2.24) is 9.97 Å². The lowest BCUT2D eigenvalue weighted by Gasteiger charge is -2.04. The fraction of sp³-hybridized carbons (Fsp3) is 0.214. The van der Waals surface area contributed by atoms with Gasteiger partial charge in [0.15, 0.2) is 0 Å². The number of hydrogen-bond donors (Lipinski definition) is 0. The van der Waals surface area contributed by atoms with Crippen LogP contribution in [0.3, 0.4) is 0 Å². The van der Waals surface area contributed by atoms with E-state index < -0.39 is 0 Å². The first-order chi connectivity index (χ1) is 8.36. The number of aliphatic imine (C=N–C) groups is 1. The van der Waals surface area contributed by atoms with Gasteiger partial charge in [-0.3, -0.25) is 15.0 Å². The van der Waals surface area contributed by atoms with Crippen LogP contribution >= 0.6 is 0 Å². The van der Waals surface area contributed by atoms with E-state index in [1.165, 1.54) is 0 Å². The van der Waals surface area contributed by atoms with Gasteiger partial charge in [-0.05, 0) is 31.2 Å². The van der Waals surface area contributed by atoms with Gasteiger partial charge in [0.1, 0.15) is 0 Å². The second-order valence-corrected chi connectivity index (χ2v) is 3.79. The Labute approximate surface area is 101 Å². The number of rotatable bonds is 4. The van der Waals surface area contributed by atoms with Crippen molar-refractivity contribution < 1.29 is 0 Å². The largest absolute Gasteiger partial charge is 0.288 e. The summed E-state index contributed by atoms with van der Waals surface area (Å²) < 4.78 is 0. The molecule has 0 aliphatic carbocycles. The molecule has 0 aromatic carbocycles. The smallest absolute Gasteiger partial charge is 0.0887 e. The molecule has 0 amide bonds. The van der Waals surface area contributed by atoms with Crippen LogP contribution in [0.2, 0.25) is 0 Å². The summed E-state index contributed by atoms with van der Waals surface area (Å²) in [4.78, 5) is 13.0. The summed E-state index contributed by atoms with van der Waals surface area (Å²) in [7, 11) is 0. The molecule has 0 spiro atoms. The average molecular weight is 225 g/mol. The van der Waals surface area contributed by atoms with Crippen LogP contribution in [0.4, 0.5) is 0 Å². The zero-order valence-electron chi connectivity index (χ0n) is 9.82. The SMILES string of the molecule is C[C@H](N=CCc1ccccn1)c1ccccn1. The third kappa shape index (κ3) is 3.48. The van der Waals surface area contributed by atoms with Gasteiger partial charge < -0.3 is 0 Å². The molecule has 0 bridgehead atoms. The molecule has 0 saturated heterocycles. The van der Waals surface area contributed by atoms with Crippen molar-refractivity contribution >= 4 is 6.21 Å². The van der Waals surface area contributed by atoms with Crippen molar-refractivity contribution in [1.29, 1.82) is 0 Å². The molecule has 1 atom stereocenters. The lowest BCUT2D eigenvalue weighted by atomic mass is 10.2. The Hall–Kier alpha value is -2.03. The first kappa shape index (κ1) is 11.5. The molecule has 0 N–H and O–H groups in total. The monoisotopic (exact) mass is 225 g/mol. The Morgan fingerprint density at radius 1 is 1.12 bits per heavy atom. The number of aromatic nitrogens is 2. The van der Waals surface area contributed by atoms with Gasteiger partial charge in [-0.25, -0.2) is 0 Å². The minimum absolute atomic E-state index is 0.0971. The molecule has 0 aliphatic heterocycles. The third-order valence-electron chi connectivity index (χ3n) is 2.47. The maximum absolute atomic E-state index is 4.46. The molecule has 2 rings (SSSR count). The molecule has 0 unspecified atom stereocenters. The third-order valence-corrected chi connectivity index (χ3v) is 2.47. The number of nitrogens with zero attached hydrogens (tertiary/aromatic N) is 3. The molecule has 0 fully saturated rings. The quantitative estimate of drug-likeness (QED) is 0.750. The molecular formula is C14H15N3. The normalized spacial score (nSPS) is 12.8. The van der Waals surface area contributed by atoms with Crippen molar-refractivity contribution in [3.8, 4) is 0 Å². The highest BCUT2D eigenvalue weighted by Crippen LogP contribution is 2.12. The molecular weight excluding hydrogens is 210 g/mol. The van der Waals surface area contributed by atoms with Crippen molar-refractivity contribution in [3.05, 3.63) is 60.2 Å². The van der Waals surface area contributed by atoms with E-state index in [9.17, 15) is 0 Å². The zero-order valence-corrected chi connectivity index (χ0v) is 9.82. The first-order valence-electron chi connectivity index (χ1n) is 5.69. The van der Waals surface area contributed by atoms with Gasteiger partial charge in [0, 0.05) is 30.7 Å². The van der Waals surface area contributed by atoms with Gasteiger partial charge in [0.2, 0.25) is 0 Å². The highest BCUT2D eigenvalue weighted by atomic mass is 14.8. The van der Waals surface area contributed by atoms with Gasteiger partial charge in [-0.2, -0.15) is 0 Å². The Kier molecular flexibility index (Phi) is 3.97. The summed E-state index contributed by atoms with van der Waals surface area (Å²) in [5.41, 5.74) is 2.02. The Morgan fingerprint density at radius 3 is 2.53 bits per heavy atom. The van der Waals surface area contributed by atoms with Crippen LogP contribution in [-0.4, -0.2) is 16.2 Å². The minimum atomic E-state index is 0.0971. The molecule has 3 nitrogen and oxygen atoms in total. The minimum Gasteiger partial charge on any atom is -0.288 e. The van der Waals surface area contributed by atoms with Gasteiger partial charge in [0.05, 0.1) is 11.7 Å². The van der Waals surface area contributed by atoms with Crippen LogP contribution < -0.4 is 0 Å². The molecule has 2 aromatic heterocycles. The summed E-state index contributed by atoms with van der Waals surface area (Å²) >= 11 is 0. The average Bonchev–Trinajstić information content (AvgIpc) is 2.41. The molecule has 0 radical (unpaired) electrons. The number of hydrogen-bond acceptors (Lipinski definition) is 3. The zero-order chi connectivity index (χ0) is 11.9. The van der Waals surface area contributed by atoms with Crippen molar-refractivity contribution in [2.24, 2.45) is 4.99 Å². The highest BCUT2D eigenvalue weighted by molar-refractivity contribution is 5.60. The van der Waals surface area contributed by atoms with Crippen LogP contribution in [0.15, 0.2) is 53.8 Å².